The van der Waals surface area contributed by atoms with E-state index in [1.54, 1.807) is 0 Å². The molecule has 178 valence electrons. The molecule has 1 unspecified atom stereocenters. The van der Waals surface area contributed by atoms with Crippen molar-refractivity contribution >= 4 is 0 Å². The van der Waals surface area contributed by atoms with Gasteiger partial charge in [0.2, 0.25) is 0 Å². The second-order valence-corrected chi connectivity index (χ2v) is 9.70. The molecule has 0 spiro atoms. The third-order valence-corrected chi connectivity index (χ3v) is 6.82. The quantitative estimate of drug-likeness (QED) is 0.161. The molecule has 0 saturated carbocycles. The highest BCUT2D eigenvalue weighted by atomic mass is 15.4. The number of rotatable bonds is 22. The van der Waals surface area contributed by atoms with Crippen LogP contribution in [0.5, 0.6) is 0 Å². The Morgan fingerprint density at radius 3 is 1.17 bits per heavy atom. The summed E-state index contributed by atoms with van der Waals surface area (Å²) in [7, 11) is 0. The van der Waals surface area contributed by atoms with Crippen molar-refractivity contribution in [1.82, 2.24) is 9.80 Å². The molecule has 1 atom stereocenters. The van der Waals surface area contributed by atoms with E-state index in [0.29, 0.717) is 6.17 Å². The van der Waals surface area contributed by atoms with E-state index in [1.807, 2.05) is 0 Å². The highest BCUT2D eigenvalue weighted by Gasteiger charge is 2.24. The Hall–Kier alpha value is -0.660. The fourth-order valence-electron chi connectivity index (χ4n) is 4.77. The third-order valence-electron chi connectivity index (χ3n) is 6.82. The van der Waals surface area contributed by atoms with Gasteiger partial charge >= 0.3 is 0 Å². The van der Waals surface area contributed by atoms with Gasteiger partial charge in [0.15, 0.2) is 0 Å². The average molecular weight is 421 g/mol. The van der Waals surface area contributed by atoms with Gasteiger partial charge in [0.25, 0.3) is 0 Å². The van der Waals surface area contributed by atoms with Crippen LogP contribution in [-0.4, -0.2) is 29.1 Å². The summed E-state index contributed by atoms with van der Waals surface area (Å²) in [5, 5.41) is 0. The summed E-state index contributed by atoms with van der Waals surface area (Å²) < 4.78 is 0. The highest BCUT2D eigenvalue weighted by molar-refractivity contribution is 4.96. The Morgan fingerprint density at radius 2 is 0.767 bits per heavy atom. The summed E-state index contributed by atoms with van der Waals surface area (Å²) in [6.07, 6.45) is 33.6. The zero-order valence-corrected chi connectivity index (χ0v) is 21.2. The fraction of sp³-hybridized carbons (Fsp3) is 0.929. The molecule has 1 aliphatic rings. The lowest BCUT2D eigenvalue weighted by Crippen LogP contribution is -2.39. The van der Waals surface area contributed by atoms with Gasteiger partial charge in [0.05, 0.1) is 0 Å². The van der Waals surface area contributed by atoms with Gasteiger partial charge in [-0.3, -0.25) is 0 Å². The molecule has 0 aliphatic carbocycles. The maximum absolute atomic E-state index is 2.67. The summed E-state index contributed by atoms with van der Waals surface area (Å²) >= 11 is 0. The number of nitrogens with zero attached hydrogens (tertiary/aromatic N) is 2. The second kappa shape index (κ2) is 20.3. The number of hydrogen-bond acceptors (Lipinski definition) is 2. The molecule has 1 rings (SSSR count). The van der Waals surface area contributed by atoms with E-state index < -0.39 is 0 Å². The van der Waals surface area contributed by atoms with Crippen LogP contribution in [0.3, 0.4) is 0 Å². The Bertz CT molecular complexity index is 379. The lowest BCUT2D eigenvalue weighted by Gasteiger charge is -2.33. The molecule has 30 heavy (non-hydrogen) atoms. The van der Waals surface area contributed by atoms with Crippen LogP contribution in [-0.2, 0) is 0 Å². The summed E-state index contributed by atoms with van der Waals surface area (Å²) in [6.45, 7) is 9.45. The molecule has 0 amide bonds. The van der Waals surface area contributed by atoms with Crippen molar-refractivity contribution in [1.29, 1.82) is 0 Å². The second-order valence-electron chi connectivity index (χ2n) is 9.70. The first kappa shape index (κ1) is 27.4. The molecule has 0 radical (unpaired) electrons. The molecule has 2 heteroatoms. The lowest BCUT2D eigenvalue weighted by atomic mass is 10.1. The van der Waals surface area contributed by atoms with Gasteiger partial charge in [-0.05, 0) is 25.7 Å². The van der Waals surface area contributed by atoms with Crippen LogP contribution in [0.2, 0.25) is 0 Å². The molecule has 0 N–H and O–H groups in total. The normalized spacial score (nSPS) is 16.2. The molecule has 1 heterocycles. The van der Waals surface area contributed by atoms with Crippen LogP contribution >= 0.6 is 0 Å². The Balaban J connectivity index is 2.21. The summed E-state index contributed by atoms with van der Waals surface area (Å²) in [4.78, 5) is 5.33. The first-order chi connectivity index (χ1) is 14.8. The zero-order chi connectivity index (χ0) is 21.7. The van der Waals surface area contributed by atoms with E-state index in [4.69, 9.17) is 0 Å². The van der Waals surface area contributed by atoms with Crippen molar-refractivity contribution in [3.63, 3.8) is 0 Å². The van der Waals surface area contributed by atoms with Gasteiger partial charge < -0.3 is 9.80 Å². The van der Waals surface area contributed by atoms with Crippen LogP contribution in [0.1, 0.15) is 149 Å². The molecule has 0 fully saturated rings. The minimum atomic E-state index is 0.645. The van der Waals surface area contributed by atoms with Crippen molar-refractivity contribution in [3.8, 4) is 0 Å². The molecule has 0 saturated heterocycles. The highest BCUT2D eigenvalue weighted by Crippen LogP contribution is 2.23. The van der Waals surface area contributed by atoms with Crippen molar-refractivity contribution < 1.29 is 0 Å². The van der Waals surface area contributed by atoms with E-state index in [-0.39, 0.29) is 0 Å². The first-order valence-corrected chi connectivity index (χ1v) is 14.0. The van der Waals surface area contributed by atoms with Crippen LogP contribution in [0.4, 0.5) is 0 Å². The maximum atomic E-state index is 2.67. The summed E-state index contributed by atoms with van der Waals surface area (Å²) in [5.41, 5.74) is 0. The number of hydrogen-bond donors (Lipinski definition) is 0. The van der Waals surface area contributed by atoms with Gasteiger partial charge in [-0.2, -0.15) is 0 Å². The van der Waals surface area contributed by atoms with Crippen molar-refractivity contribution in [2.45, 2.75) is 155 Å². The molecule has 0 aromatic carbocycles. The minimum Gasteiger partial charge on any atom is -0.356 e. The van der Waals surface area contributed by atoms with E-state index in [9.17, 15) is 0 Å². The van der Waals surface area contributed by atoms with Crippen molar-refractivity contribution in [2.24, 2.45) is 0 Å². The van der Waals surface area contributed by atoms with Gasteiger partial charge in [0.1, 0.15) is 6.17 Å². The predicted molar refractivity (Wildman–Crippen MR) is 136 cm³/mol. The topological polar surface area (TPSA) is 6.48 Å². The van der Waals surface area contributed by atoms with Crippen molar-refractivity contribution in [2.75, 3.05) is 13.1 Å². The SMILES string of the molecule is CCCCCCCCCCCCN1C=CN(CCCCCCC)C1CCCCCC. The standard InChI is InChI=1S/C28H56N2/c1-4-7-10-13-14-15-16-17-19-22-25-30-27-26-29(24-21-18-11-8-5-2)28(30)23-20-12-9-6-3/h26-28H,4-25H2,1-3H3. The minimum absolute atomic E-state index is 0.645. The average Bonchev–Trinajstić information content (AvgIpc) is 3.14. The maximum Gasteiger partial charge on any atom is 0.101 e. The Morgan fingerprint density at radius 1 is 0.433 bits per heavy atom. The van der Waals surface area contributed by atoms with E-state index >= 15 is 0 Å². The van der Waals surface area contributed by atoms with Gasteiger partial charge in [-0.15, -0.1) is 0 Å². The van der Waals surface area contributed by atoms with E-state index in [0.717, 1.165) is 0 Å². The zero-order valence-electron chi connectivity index (χ0n) is 21.2. The van der Waals surface area contributed by atoms with E-state index in [2.05, 4.69) is 43.0 Å². The largest absolute Gasteiger partial charge is 0.356 e. The van der Waals surface area contributed by atoms with Crippen molar-refractivity contribution in [3.05, 3.63) is 12.4 Å². The lowest BCUT2D eigenvalue weighted by molar-refractivity contribution is 0.135. The van der Waals surface area contributed by atoms with Gasteiger partial charge in [0, 0.05) is 25.5 Å². The molecule has 0 aromatic rings. The smallest absolute Gasteiger partial charge is 0.101 e. The molecule has 0 bridgehead atoms. The fourth-order valence-corrected chi connectivity index (χ4v) is 4.77. The monoisotopic (exact) mass is 420 g/mol. The Kier molecular flexibility index (Phi) is 18.5. The summed E-state index contributed by atoms with van der Waals surface area (Å²) in [5.74, 6) is 0. The summed E-state index contributed by atoms with van der Waals surface area (Å²) in [6, 6.07) is 0. The van der Waals surface area contributed by atoms with Gasteiger partial charge in [-0.1, -0.05) is 124 Å². The molecule has 1 aliphatic heterocycles. The molecule has 2 nitrogen and oxygen atoms in total. The first-order valence-electron chi connectivity index (χ1n) is 14.0. The van der Waals surface area contributed by atoms with Gasteiger partial charge in [-0.25, -0.2) is 0 Å². The van der Waals surface area contributed by atoms with Crippen LogP contribution < -0.4 is 0 Å². The van der Waals surface area contributed by atoms with Crippen LogP contribution in [0.25, 0.3) is 0 Å². The predicted octanol–water partition coefficient (Wildman–Crippen LogP) is 9.26. The van der Waals surface area contributed by atoms with Crippen LogP contribution in [0, 0.1) is 0 Å². The molecule has 0 aromatic heterocycles. The number of unbranched alkanes of at least 4 members (excludes halogenated alkanes) is 16. The molecular weight excluding hydrogens is 364 g/mol. The van der Waals surface area contributed by atoms with Crippen LogP contribution in [0.15, 0.2) is 12.4 Å². The van der Waals surface area contributed by atoms with E-state index in [1.165, 1.54) is 142 Å². The molecular formula is C28H56N2. The third kappa shape index (κ3) is 13.6. The Labute approximate surface area is 190 Å².